The predicted molar refractivity (Wildman–Crippen MR) is 65.3 cm³/mol. The van der Waals surface area contributed by atoms with Crippen LogP contribution >= 0.6 is 0 Å². The van der Waals surface area contributed by atoms with Crippen molar-refractivity contribution in [1.29, 1.82) is 0 Å². The summed E-state index contributed by atoms with van der Waals surface area (Å²) in [7, 11) is 0. The first-order valence-corrected chi connectivity index (χ1v) is 6.28. The van der Waals surface area contributed by atoms with Crippen LogP contribution < -0.4 is 5.73 Å². The molecule has 0 saturated carbocycles. The van der Waals surface area contributed by atoms with Crippen molar-refractivity contribution in [1.82, 2.24) is 15.0 Å². The number of hydrogen-bond acceptors (Lipinski definition) is 5. The number of rotatable bonds is 3. The van der Waals surface area contributed by atoms with Crippen molar-refractivity contribution >= 4 is 5.91 Å². The number of amides is 1. The molecule has 1 amide bonds. The third-order valence-corrected chi connectivity index (χ3v) is 3.17. The number of carbonyl (C=O) groups excluding carboxylic acids is 1. The zero-order chi connectivity index (χ0) is 13.3. The molecule has 2 N–H and O–H groups in total. The summed E-state index contributed by atoms with van der Waals surface area (Å²) < 4.78 is 5.14. The Kier molecular flexibility index (Phi) is 3.38. The molecule has 6 heteroatoms. The summed E-state index contributed by atoms with van der Waals surface area (Å²) in [5.41, 5.74) is 5.26. The molecule has 1 aromatic rings. The maximum Gasteiger partial charge on any atom is 0.246 e. The highest BCUT2D eigenvalue weighted by Gasteiger charge is 2.27. The molecule has 1 fully saturated rings. The van der Waals surface area contributed by atoms with Gasteiger partial charge in [-0.1, -0.05) is 12.1 Å². The van der Waals surface area contributed by atoms with Gasteiger partial charge in [0.2, 0.25) is 11.8 Å². The lowest BCUT2D eigenvalue weighted by molar-refractivity contribution is -0.138. The highest BCUT2D eigenvalue weighted by molar-refractivity contribution is 5.79. The van der Waals surface area contributed by atoms with Gasteiger partial charge in [0, 0.05) is 12.5 Å². The van der Waals surface area contributed by atoms with E-state index in [0.717, 1.165) is 19.4 Å². The van der Waals surface area contributed by atoms with Crippen LogP contribution in [-0.2, 0) is 16.9 Å². The van der Waals surface area contributed by atoms with Crippen molar-refractivity contribution in [3.05, 3.63) is 11.7 Å². The van der Waals surface area contributed by atoms with Gasteiger partial charge in [0.25, 0.3) is 0 Å². The van der Waals surface area contributed by atoms with E-state index in [2.05, 4.69) is 10.1 Å². The number of piperidine rings is 1. The number of aromatic nitrogens is 2. The molecule has 0 aliphatic carbocycles. The second-order valence-corrected chi connectivity index (χ2v) is 5.54. The van der Waals surface area contributed by atoms with Gasteiger partial charge >= 0.3 is 0 Å². The average molecular weight is 252 g/mol. The van der Waals surface area contributed by atoms with Crippen LogP contribution in [0.15, 0.2) is 4.52 Å². The van der Waals surface area contributed by atoms with Gasteiger partial charge in [-0.3, -0.25) is 4.79 Å². The van der Waals surface area contributed by atoms with Gasteiger partial charge in [-0.25, -0.2) is 0 Å². The van der Waals surface area contributed by atoms with E-state index in [0.29, 0.717) is 18.3 Å². The smallest absolute Gasteiger partial charge is 0.246 e. The van der Waals surface area contributed by atoms with E-state index in [1.165, 1.54) is 0 Å². The summed E-state index contributed by atoms with van der Waals surface area (Å²) in [5.74, 6) is 1.17. The summed E-state index contributed by atoms with van der Waals surface area (Å²) in [6.07, 6.45) is 1.98. The summed E-state index contributed by atoms with van der Waals surface area (Å²) in [6, 6.07) is 0. The van der Waals surface area contributed by atoms with Crippen molar-refractivity contribution in [3.8, 4) is 0 Å². The van der Waals surface area contributed by atoms with Crippen LogP contribution in [0.4, 0.5) is 0 Å². The number of likely N-dealkylation sites (tertiary alicyclic amines) is 1. The van der Waals surface area contributed by atoms with Crippen LogP contribution in [0.5, 0.6) is 0 Å². The first-order valence-electron chi connectivity index (χ1n) is 6.28. The van der Waals surface area contributed by atoms with Crippen molar-refractivity contribution in [2.75, 3.05) is 6.54 Å². The van der Waals surface area contributed by atoms with Crippen molar-refractivity contribution in [3.63, 3.8) is 0 Å². The molecule has 18 heavy (non-hydrogen) atoms. The van der Waals surface area contributed by atoms with E-state index in [1.54, 1.807) is 4.90 Å². The van der Waals surface area contributed by atoms with Gasteiger partial charge < -0.3 is 15.2 Å². The molecule has 0 spiro atoms. The van der Waals surface area contributed by atoms with E-state index in [4.69, 9.17) is 10.3 Å². The van der Waals surface area contributed by atoms with Crippen LogP contribution in [0, 0.1) is 5.92 Å². The summed E-state index contributed by atoms with van der Waals surface area (Å²) in [5, 5.41) is 3.85. The minimum Gasteiger partial charge on any atom is -0.337 e. The molecule has 1 aliphatic rings. The van der Waals surface area contributed by atoms with E-state index < -0.39 is 5.54 Å². The lowest BCUT2D eigenvalue weighted by Gasteiger charge is -2.29. The normalized spacial score (nSPS) is 21.4. The van der Waals surface area contributed by atoms with Crippen LogP contribution in [0.3, 0.4) is 0 Å². The first kappa shape index (κ1) is 13.0. The SMILES string of the molecule is CC1CCCN(Cc2nc(C(C)(C)N)no2)C1=O. The molecule has 1 atom stereocenters. The first-order chi connectivity index (χ1) is 8.38. The van der Waals surface area contributed by atoms with Crippen molar-refractivity contribution in [2.24, 2.45) is 11.7 Å². The van der Waals surface area contributed by atoms with E-state index in [-0.39, 0.29) is 11.8 Å². The monoisotopic (exact) mass is 252 g/mol. The fourth-order valence-corrected chi connectivity index (χ4v) is 2.03. The molecule has 1 aromatic heterocycles. The van der Waals surface area contributed by atoms with Gasteiger partial charge in [0.15, 0.2) is 5.82 Å². The number of carbonyl (C=O) groups is 1. The van der Waals surface area contributed by atoms with E-state index in [9.17, 15) is 4.79 Å². The Morgan fingerprint density at radius 2 is 2.28 bits per heavy atom. The van der Waals surface area contributed by atoms with E-state index >= 15 is 0 Å². The molecule has 1 unspecified atom stereocenters. The molecule has 2 heterocycles. The highest BCUT2D eigenvalue weighted by Crippen LogP contribution is 2.20. The van der Waals surface area contributed by atoms with Crippen molar-refractivity contribution in [2.45, 2.75) is 45.7 Å². The molecule has 2 rings (SSSR count). The highest BCUT2D eigenvalue weighted by atomic mass is 16.5. The van der Waals surface area contributed by atoms with Crippen LogP contribution in [0.25, 0.3) is 0 Å². The molecule has 0 radical (unpaired) electrons. The number of nitrogens with zero attached hydrogens (tertiary/aromatic N) is 3. The molecule has 100 valence electrons. The van der Waals surface area contributed by atoms with Crippen molar-refractivity contribution < 1.29 is 9.32 Å². The Labute approximate surface area is 107 Å². The lowest BCUT2D eigenvalue weighted by Crippen LogP contribution is -2.39. The van der Waals surface area contributed by atoms with Gasteiger partial charge in [-0.15, -0.1) is 0 Å². The van der Waals surface area contributed by atoms with E-state index in [1.807, 2.05) is 20.8 Å². The second kappa shape index (κ2) is 4.68. The number of nitrogens with two attached hydrogens (primary N) is 1. The Morgan fingerprint density at radius 3 is 2.89 bits per heavy atom. The van der Waals surface area contributed by atoms with Gasteiger partial charge in [0.05, 0.1) is 12.1 Å². The minimum atomic E-state index is -0.624. The quantitative estimate of drug-likeness (QED) is 0.868. The summed E-state index contributed by atoms with van der Waals surface area (Å²) in [4.78, 5) is 18.0. The molecule has 1 saturated heterocycles. The molecule has 0 bridgehead atoms. The fourth-order valence-electron chi connectivity index (χ4n) is 2.03. The Hall–Kier alpha value is -1.43. The van der Waals surface area contributed by atoms with Crippen LogP contribution in [0.2, 0.25) is 0 Å². The topological polar surface area (TPSA) is 85.2 Å². The maximum absolute atomic E-state index is 11.9. The Bertz CT molecular complexity index is 436. The molecular weight excluding hydrogens is 232 g/mol. The second-order valence-electron chi connectivity index (χ2n) is 5.54. The number of hydrogen-bond donors (Lipinski definition) is 1. The lowest BCUT2D eigenvalue weighted by atomic mass is 9.99. The zero-order valence-corrected chi connectivity index (χ0v) is 11.1. The fraction of sp³-hybridized carbons (Fsp3) is 0.750. The van der Waals surface area contributed by atoms with Gasteiger partial charge in [-0.2, -0.15) is 4.98 Å². The Morgan fingerprint density at radius 1 is 1.56 bits per heavy atom. The molecular formula is C12H20N4O2. The zero-order valence-electron chi connectivity index (χ0n) is 11.1. The summed E-state index contributed by atoms with van der Waals surface area (Å²) in [6.45, 7) is 6.72. The third kappa shape index (κ3) is 2.69. The standard InChI is InChI=1S/C12H20N4O2/c1-8-5-4-6-16(10(8)17)7-9-14-11(15-18-9)12(2,3)13/h8H,4-7,13H2,1-3H3. The van der Waals surface area contributed by atoms with Crippen LogP contribution in [-0.4, -0.2) is 27.5 Å². The largest absolute Gasteiger partial charge is 0.337 e. The predicted octanol–water partition coefficient (Wildman–Crippen LogP) is 1.02. The Balaban J connectivity index is 2.05. The van der Waals surface area contributed by atoms with Gasteiger partial charge in [0.1, 0.15) is 0 Å². The summed E-state index contributed by atoms with van der Waals surface area (Å²) >= 11 is 0. The minimum absolute atomic E-state index is 0.0899. The van der Waals surface area contributed by atoms with Crippen LogP contribution in [0.1, 0.15) is 45.3 Å². The molecule has 1 aliphatic heterocycles. The molecule has 6 nitrogen and oxygen atoms in total. The van der Waals surface area contributed by atoms with Gasteiger partial charge in [-0.05, 0) is 26.7 Å². The molecule has 0 aromatic carbocycles. The average Bonchev–Trinajstić information content (AvgIpc) is 2.73. The maximum atomic E-state index is 11.9. The third-order valence-electron chi connectivity index (χ3n) is 3.17.